The molecule has 2 aliphatic heterocycles. The zero-order chi connectivity index (χ0) is 31.7. The summed E-state index contributed by atoms with van der Waals surface area (Å²) in [5.41, 5.74) is 11.0. The second kappa shape index (κ2) is 13.0. The second-order valence-corrected chi connectivity index (χ2v) is 14.8. The Kier molecular flexibility index (Phi) is 9.34. The smallest absolute Gasteiger partial charge is 0.128 e. The summed E-state index contributed by atoms with van der Waals surface area (Å²) in [6, 6.07) is 16.4. The molecule has 0 unspecified atom stereocenters. The Morgan fingerprint density at radius 1 is 0.705 bits per heavy atom. The molecule has 2 N–H and O–H groups in total. The lowest BCUT2D eigenvalue weighted by Gasteiger charge is -2.20. The summed E-state index contributed by atoms with van der Waals surface area (Å²) in [7, 11) is 3.98. The fraction of sp³-hybridized carbons (Fsp3) is 0.412. The van der Waals surface area contributed by atoms with Gasteiger partial charge in [-0.15, -0.1) is 23.5 Å². The lowest BCUT2D eigenvalue weighted by atomic mass is 9.98. The topological polar surface area (TPSA) is 107 Å². The number of aromatic nitrogens is 4. The Balaban J connectivity index is 0.000000175. The van der Waals surface area contributed by atoms with E-state index in [0.29, 0.717) is 21.6 Å². The van der Waals surface area contributed by atoms with Crippen LogP contribution < -0.4 is 10.6 Å². The van der Waals surface area contributed by atoms with E-state index in [-0.39, 0.29) is 10.5 Å². The van der Waals surface area contributed by atoms with Crippen LogP contribution in [0.5, 0.6) is 0 Å². The number of nitrogens with one attached hydrogen (secondary N) is 2. The molecule has 0 saturated carbocycles. The van der Waals surface area contributed by atoms with Crippen molar-refractivity contribution in [2.45, 2.75) is 62.5 Å². The molecule has 0 radical (unpaired) electrons. The lowest BCUT2D eigenvalue weighted by Crippen LogP contribution is -2.13. The Morgan fingerprint density at radius 3 is 1.43 bits per heavy atom. The number of nitrogens with zero attached hydrogens (tertiary/aromatic N) is 6. The number of anilines is 2. The normalized spacial score (nSPS) is 20.7. The van der Waals surface area contributed by atoms with E-state index in [1.54, 1.807) is 0 Å². The second-order valence-electron chi connectivity index (χ2n) is 11.7. The van der Waals surface area contributed by atoms with Gasteiger partial charge in [0.1, 0.15) is 11.6 Å². The highest BCUT2D eigenvalue weighted by atomic mass is 32.2. The van der Waals surface area contributed by atoms with Gasteiger partial charge in [0, 0.05) is 48.8 Å². The fourth-order valence-corrected chi connectivity index (χ4v) is 9.06. The van der Waals surface area contributed by atoms with Crippen LogP contribution in [0.15, 0.2) is 36.4 Å². The number of rotatable bonds is 2. The van der Waals surface area contributed by atoms with Gasteiger partial charge in [0.15, 0.2) is 0 Å². The minimum absolute atomic E-state index is 0.251. The molecule has 8 nitrogen and oxygen atoms in total. The van der Waals surface area contributed by atoms with Crippen molar-refractivity contribution in [3.63, 3.8) is 0 Å². The Morgan fingerprint density at radius 2 is 1.09 bits per heavy atom. The van der Waals surface area contributed by atoms with Gasteiger partial charge in [-0.2, -0.15) is 20.7 Å². The highest BCUT2D eigenvalue weighted by Crippen LogP contribution is 2.47. The third-order valence-corrected chi connectivity index (χ3v) is 11.1. The van der Waals surface area contributed by atoms with Crippen LogP contribution in [0.4, 0.5) is 11.6 Å². The van der Waals surface area contributed by atoms with Gasteiger partial charge in [0.05, 0.1) is 45.2 Å². The number of hydrogen-bond donors (Lipinski definition) is 2. The predicted octanol–water partition coefficient (Wildman–Crippen LogP) is 7.09. The molecular weight excluding hydrogens is 585 g/mol. The molecule has 4 atom stereocenters. The zero-order valence-corrected chi connectivity index (χ0v) is 28.3. The van der Waals surface area contributed by atoms with E-state index >= 15 is 0 Å². The van der Waals surface area contributed by atoms with Crippen molar-refractivity contribution in [3.05, 3.63) is 92.3 Å². The minimum atomic E-state index is 0.251. The molecule has 10 heteroatoms. The van der Waals surface area contributed by atoms with Gasteiger partial charge >= 0.3 is 0 Å². The first-order valence-corrected chi connectivity index (χ1v) is 16.8. The van der Waals surface area contributed by atoms with Gasteiger partial charge in [0.25, 0.3) is 0 Å². The van der Waals surface area contributed by atoms with Crippen LogP contribution in [0.3, 0.4) is 0 Å². The molecule has 0 bridgehead atoms. The zero-order valence-electron chi connectivity index (χ0n) is 26.7. The largest absolute Gasteiger partial charge is 0.369 e. The third-order valence-electron chi connectivity index (χ3n) is 8.27. The number of benzene rings is 2. The summed E-state index contributed by atoms with van der Waals surface area (Å²) in [6.07, 6.45) is 0. The van der Waals surface area contributed by atoms with E-state index in [0.717, 1.165) is 36.1 Å². The quantitative estimate of drug-likeness (QED) is 0.243. The average molecular weight is 625 g/mol. The SMILES string of the molecule is Cc1cc(C#N)ccc1[C@@H]1S[C@H](C)CNc2c1c(C)nn2C.Cc1cc(C#N)ccc1[C@H]1S[C@@H](C)CNc2c1c(C)nn2C. The molecule has 4 aromatic rings. The molecular formula is C34H40N8S2. The van der Waals surface area contributed by atoms with Crippen LogP contribution in [0, 0.1) is 50.4 Å². The minimum Gasteiger partial charge on any atom is -0.369 e. The number of thioether (sulfide) groups is 2. The molecule has 228 valence electrons. The lowest BCUT2D eigenvalue weighted by molar-refractivity contribution is 0.757. The van der Waals surface area contributed by atoms with Crippen molar-refractivity contribution in [2.75, 3.05) is 23.7 Å². The highest BCUT2D eigenvalue weighted by Gasteiger charge is 2.31. The molecule has 6 rings (SSSR count). The average Bonchev–Trinajstić information content (AvgIpc) is 3.25. The Bertz CT molecular complexity index is 1640. The maximum absolute atomic E-state index is 9.08. The molecule has 44 heavy (non-hydrogen) atoms. The van der Waals surface area contributed by atoms with E-state index in [1.165, 1.54) is 33.4 Å². The number of hydrogen-bond acceptors (Lipinski definition) is 8. The molecule has 2 aromatic heterocycles. The molecule has 2 aliphatic rings. The Hall–Kier alpha value is -3.86. The standard InChI is InChI=1S/2C17H20N4S/c2*1-10-7-13(8-18)5-6-14(10)16-15-12(3)20-21(4)17(15)19-9-11(2)22-16/h2*5-7,11,16,19H,9H2,1-4H3/t2*11-,16+/m10/s1. The first-order valence-electron chi connectivity index (χ1n) is 14.9. The molecule has 0 fully saturated rings. The molecule has 0 saturated heterocycles. The molecule has 0 amide bonds. The van der Waals surface area contributed by atoms with Gasteiger partial charge in [-0.1, -0.05) is 26.0 Å². The summed E-state index contributed by atoms with van der Waals surface area (Å²) in [5, 5.41) is 35.9. The highest BCUT2D eigenvalue weighted by molar-refractivity contribution is 8.00. The predicted molar refractivity (Wildman–Crippen MR) is 182 cm³/mol. The maximum atomic E-state index is 9.08. The van der Waals surface area contributed by atoms with E-state index < -0.39 is 0 Å². The maximum Gasteiger partial charge on any atom is 0.128 e. The van der Waals surface area contributed by atoms with Crippen LogP contribution >= 0.6 is 23.5 Å². The third kappa shape index (κ3) is 6.20. The summed E-state index contributed by atoms with van der Waals surface area (Å²) in [4.78, 5) is 0. The van der Waals surface area contributed by atoms with Gasteiger partial charge < -0.3 is 10.6 Å². The van der Waals surface area contributed by atoms with E-state index in [1.807, 2.05) is 71.2 Å². The first-order chi connectivity index (χ1) is 21.0. The van der Waals surface area contributed by atoms with Crippen LogP contribution in [0.25, 0.3) is 0 Å². The number of nitriles is 2. The van der Waals surface area contributed by atoms with Crippen LogP contribution in [0.1, 0.15) is 80.2 Å². The van der Waals surface area contributed by atoms with Crippen molar-refractivity contribution in [2.24, 2.45) is 14.1 Å². The number of aryl methyl sites for hydroxylation is 6. The Labute approximate surface area is 269 Å². The molecule has 4 heterocycles. The van der Waals surface area contributed by atoms with Gasteiger partial charge in [-0.3, -0.25) is 9.36 Å². The van der Waals surface area contributed by atoms with Crippen molar-refractivity contribution >= 4 is 35.2 Å². The fourth-order valence-electron chi connectivity index (χ4n) is 6.11. The van der Waals surface area contributed by atoms with E-state index in [9.17, 15) is 0 Å². The van der Waals surface area contributed by atoms with Crippen LogP contribution in [-0.4, -0.2) is 43.2 Å². The van der Waals surface area contributed by atoms with Gasteiger partial charge in [-0.05, 0) is 74.2 Å². The summed E-state index contributed by atoms with van der Waals surface area (Å²) in [6.45, 7) is 14.7. The van der Waals surface area contributed by atoms with Crippen LogP contribution in [-0.2, 0) is 14.1 Å². The molecule has 2 aromatic carbocycles. The molecule has 0 aliphatic carbocycles. The van der Waals surface area contributed by atoms with Crippen molar-refractivity contribution in [1.82, 2.24) is 19.6 Å². The first kappa shape index (κ1) is 31.6. The monoisotopic (exact) mass is 624 g/mol. The summed E-state index contributed by atoms with van der Waals surface area (Å²) < 4.78 is 3.88. The molecule has 0 spiro atoms. The van der Waals surface area contributed by atoms with Gasteiger partial charge in [-0.25, -0.2) is 0 Å². The summed E-state index contributed by atoms with van der Waals surface area (Å²) >= 11 is 3.92. The summed E-state index contributed by atoms with van der Waals surface area (Å²) in [5.74, 6) is 2.23. The van der Waals surface area contributed by atoms with E-state index in [4.69, 9.17) is 10.5 Å². The number of fused-ring (bicyclic) bond motifs is 2. The van der Waals surface area contributed by atoms with Crippen LogP contribution in [0.2, 0.25) is 0 Å². The van der Waals surface area contributed by atoms with Crippen molar-refractivity contribution < 1.29 is 0 Å². The van der Waals surface area contributed by atoms with Crippen molar-refractivity contribution in [3.8, 4) is 12.1 Å². The van der Waals surface area contributed by atoms with E-state index in [2.05, 4.69) is 86.6 Å². The van der Waals surface area contributed by atoms with Gasteiger partial charge in [0.2, 0.25) is 0 Å². The van der Waals surface area contributed by atoms with Crippen molar-refractivity contribution in [1.29, 1.82) is 10.5 Å².